The van der Waals surface area contributed by atoms with Crippen LogP contribution in [-0.4, -0.2) is 93.9 Å². The number of rotatable bonds is 9. The molecule has 2 saturated heterocycles. The normalized spacial score (nSPS) is 19.4. The smallest absolute Gasteiger partial charge is 0.307 e. The van der Waals surface area contributed by atoms with E-state index in [1.54, 1.807) is 6.20 Å². The lowest BCUT2D eigenvalue weighted by atomic mass is 10.1. The van der Waals surface area contributed by atoms with E-state index < -0.39 is 36.0 Å². The minimum Gasteiger partial charge on any atom is -0.481 e. The first-order chi connectivity index (χ1) is 17.1. The number of hydrogen-bond donors (Lipinski definition) is 5. The zero-order valence-electron chi connectivity index (χ0n) is 20.2. The molecule has 1 aromatic rings. The van der Waals surface area contributed by atoms with E-state index in [0.717, 1.165) is 6.92 Å². The van der Waals surface area contributed by atoms with Crippen LogP contribution in [0.4, 0.5) is 0 Å². The molecule has 14 heteroatoms. The predicted molar refractivity (Wildman–Crippen MR) is 123 cm³/mol. The summed E-state index contributed by atoms with van der Waals surface area (Å²) in [6.07, 6.45) is 4.99. The summed E-state index contributed by atoms with van der Waals surface area (Å²) in [6, 6.07) is -2.30. The fourth-order valence-corrected chi connectivity index (χ4v) is 3.91. The molecule has 0 bridgehead atoms. The number of H-pyrrole nitrogens is 1. The van der Waals surface area contributed by atoms with Gasteiger partial charge in [-0.3, -0.25) is 28.8 Å². The number of aromatic nitrogens is 2. The van der Waals surface area contributed by atoms with Crippen LogP contribution in [0, 0.1) is 0 Å². The predicted octanol–water partition coefficient (Wildman–Crippen LogP) is -1.52. The van der Waals surface area contributed by atoms with E-state index in [9.17, 15) is 24.0 Å². The van der Waals surface area contributed by atoms with E-state index in [2.05, 4.69) is 30.7 Å². The number of methoxy groups -OCH3 is 1. The highest BCUT2D eigenvalue weighted by molar-refractivity contribution is 5.95. The van der Waals surface area contributed by atoms with Crippen LogP contribution in [0.1, 0.15) is 44.7 Å². The molecule has 2 aliphatic heterocycles. The van der Waals surface area contributed by atoms with Gasteiger partial charge in [0, 0.05) is 44.7 Å². The number of amides is 4. The molecule has 14 nitrogen and oxygen atoms in total. The Morgan fingerprint density at radius 3 is 2.56 bits per heavy atom. The van der Waals surface area contributed by atoms with Crippen molar-refractivity contribution in [3.8, 4) is 0 Å². The second-order valence-electron chi connectivity index (χ2n) is 8.33. The van der Waals surface area contributed by atoms with Crippen molar-refractivity contribution in [2.75, 3.05) is 20.2 Å². The van der Waals surface area contributed by atoms with Gasteiger partial charge >= 0.3 is 5.97 Å². The maximum atomic E-state index is 13.4. The van der Waals surface area contributed by atoms with Crippen LogP contribution in [0.15, 0.2) is 12.5 Å². The van der Waals surface area contributed by atoms with Crippen molar-refractivity contribution in [1.82, 2.24) is 30.8 Å². The van der Waals surface area contributed by atoms with Crippen LogP contribution in [0.25, 0.3) is 0 Å². The standard InChI is InChI=1S/C20H28N6O6.C2H4O2/c1-32-17(28)6-7-22-19(30)15-3-2-8-26(15)20(31)14(9-12-10-21-11-23-12)25-18(29)13-4-5-16(27)24-13;1-2(3)4/h10-11,13-15H,2-9H2,1H3,(H,21,23)(H,22,30)(H,24,27)(H,25,29);1H3,(H,3,4)/t13-,14-,15-;/m0./s1. The van der Waals surface area contributed by atoms with Crippen molar-refractivity contribution in [3.05, 3.63) is 18.2 Å². The van der Waals surface area contributed by atoms with Crippen molar-refractivity contribution in [3.63, 3.8) is 0 Å². The van der Waals surface area contributed by atoms with E-state index in [1.807, 2.05) is 0 Å². The second-order valence-corrected chi connectivity index (χ2v) is 8.33. The molecule has 2 fully saturated rings. The molecule has 1 aromatic heterocycles. The van der Waals surface area contributed by atoms with Crippen molar-refractivity contribution in [1.29, 1.82) is 0 Å². The van der Waals surface area contributed by atoms with Gasteiger partial charge in [-0.1, -0.05) is 0 Å². The summed E-state index contributed by atoms with van der Waals surface area (Å²) >= 11 is 0. The van der Waals surface area contributed by atoms with Gasteiger partial charge in [0.1, 0.15) is 18.1 Å². The second kappa shape index (κ2) is 13.8. The fraction of sp³-hybridized carbons (Fsp3) is 0.591. The Morgan fingerprint density at radius 1 is 1.25 bits per heavy atom. The molecule has 0 spiro atoms. The number of esters is 1. The van der Waals surface area contributed by atoms with Gasteiger partial charge in [0.05, 0.1) is 19.9 Å². The number of imidazole rings is 1. The SMILES string of the molecule is CC(=O)O.COC(=O)CCNC(=O)[C@@H]1CCCN1C(=O)[C@H](Cc1cnc[nH]1)NC(=O)[C@@H]1CCC(=O)N1. The summed E-state index contributed by atoms with van der Waals surface area (Å²) in [4.78, 5) is 78.7. The van der Waals surface area contributed by atoms with Gasteiger partial charge in [-0.2, -0.15) is 0 Å². The summed E-state index contributed by atoms with van der Waals surface area (Å²) in [5, 5.41) is 15.4. The number of carboxylic acid groups (broad SMARTS) is 1. The first kappa shape index (κ1) is 28.3. The maximum absolute atomic E-state index is 13.4. The number of ether oxygens (including phenoxy) is 1. The molecule has 0 unspecified atom stereocenters. The molecule has 4 amide bonds. The summed E-state index contributed by atoms with van der Waals surface area (Å²) < 4.78 is 4.55. The van der Waals surface area contributed by atoms with Gasteiger partial charge in [0.15, 0.2) is 0 Å². The van der Waals surface area contributed by atoms with Gasteiger partial charge in [-0.15, -0.1) is 0 Å². The Balaban J connectivity index is 0.00000106. The maximum Gasteiger partial charge on any atom is 0.307 e. The molecule has 0 aromatic carbocycles. The number of carboxylic acids is 1. The molecule has 3 heterocycles. The molecule has 3 atom stereocenters. The summed E-state index contributed by atoms with van der Waals surface area (Å²) in [7, 11) is 1.27. The number of carbonyl (C=O) groups is 6. The number of hydrogen-bond acceptors (Lipinski definition) is 8. The minimum absolute atomic E-state index is 0.0362. The third-order valence-corrected chi connectivity index (χ3v) is 5.60. The fourth-order valence-electron chi connectivity index (χ4n) is 3.91. The molecular weight excluding hydrogens is 476 g/mol. The zero-order valence-corrected chi connectivity index (χ0v) is 20.2. The topological polar surface area (TPSA) is 200 Å². The minimum atomic E-state index is -0.927. The number of nitrogens with one attached hydrogen (secondary N) is 4. The lowest BCUT2D eigenvalue weighted by Crippen LogP contribution is -2.56. The number of likely N-dealkylation sites (tertiary alicyclic amines) is 1. The summed E-state index contributed by atoms with van der Waals surface area (Å²) in [5.74, 6) is -2.65. The number of aromatic amines is 1. The molecule has 2 aliphatic rings. The molecule has 3 rings (SSSR count). The van der Waals surface area contributed by atoms with Crippen LogP contribution in [0.3, 0.4) is 0 Å². The average molecular weight is 509 g/mol. The van der Waals surface area contributed by atoms with E-state index in [4.69, 9.17) is 9.90 Å². The van der Waals surface area contributed by atoms with Crippen LogP contribution in [0.5, 0.6) is 0 Å². The first-order valence-corrected chi connectivity index (χ1v) is 11.5. The first-order valence-electron chi connectivity index (χ1n) is 11.5. The van der Waals surface area contributed by atoms with Crippen LogP contribution in [0.2, 0.25) is 0 Å². The van der Waals surface area contributed by atoms with Crippen LogP contribution < -0.4 is 16.0 Å². The monoisotopic (exact) mass is 508 g/mol. The molecule has 0 saturated carbocycles. The van der Waals surface area contributed by atoms with Gasteiger partial charge in [-0.25, -0.2) is 4.98 Å². The van der Waals surface area contributed by atoms with E-state index in [-0.39, 0.29) is 43.5 Å². The number of aliphatic carboxylic acids is 1. The Labute approximate surface area is 207 Å². The van der Waals surface area contributed by atoms with Crippen LogP contribution in [-0.2, 0) is 39.9 Å². The Morgan fingerprint density at radius 2 is 1.97 bits per heavy atom. The van der Waals surface area contributed by atoms with Gasteiger partial charge in [0.25, 0.3) is 5.97 Å². The van der Waals surface area contributed by atoms with Crippen molar-refractivity contribution in [2.45, 2.75) is 63.6 Å². The van der Waals surface area contributed by atoms with Gasteiger partial charge in [-0.05, 0) is 19.3 Å². The highest BCUT2D eigenvalue weighted by Crippen LogP contribution is 2.20. The van der Waals surface area contributed by atoms with E-state index >= 15 is 0 Å². The van der Waals surface area contributed by atoms with E-state index in [1.165, 1.54) is 18.3 Å². The van der Waals surface area contributed by atoms with Crippen molar-refractivity contribution in [2.24, 2.45) is 0 Å². The van der Waals surface area contributed by atoms with Crippen molar-refractivity contribution < 1.29 is 38.6 Å². The molecule has 198 valence electrons. The lowest BCUT2D eigenvalue weighted by Gasteiger charge is -2.29. The number of nitrogens with zero attached hydrogens (tertiary/aromatic N) is 2. The highest BCUT2D eigenvalue weighted by Gasteiger charge is 2.39. The largest absolute Gasteiger partial charge is 0.481 e. The quantitative estimate of drug-likeness (QED) is 0.246. The molecule has 5 N–H and O–H groups in total. The summed E-state index contributed by atoms with van der Waals surface area (Å²) in [6.45, 7) is 1.57. The highest BCUT2D eigenvalue weighted by atomic mass is 16.5. The van der Waals surface area contributed by atoms with Crippen molar-refractivity contribution >= 4 is 35.6 Å². The van der Waals surface area contributed by atoms with Gasteiger partial charge in [0.2, 0.25) is 23.6 Å². The zero-order chi connectivity index (χ0) is 26.7. The average Bonchev–Trinajstić information content (AvgIpc) is 3.59. The molecule has 0 aliphatic carbocycles. The van der Waals surface area contributed by atoms with Crippen LogP contribution >= 0.6 is 0 Å². The van der Waals surface area contributed by atoms with E-state index in [0.29, 0.717) is 31.5 Å². The lowest BCUT2D eigenvalue weighted by molar-refractivity contribution is -0.142. The molecule has 36 heavy (non-hydrogen) atoms. The third kappa shape index (κ3) is 8.67. The molecular formula is C22H32N6O8. The van der Waals surface area contributed by atoms with Gasteiger partial charge < -0.3 is 35.7 Å². The Kier molecular flexibility index (Phi) is 10.8. The Bertz CT molecular complexity index is 946. The molecule has 0 radical (unpaired) electrons. The Hall–Kier alpha value is -3.97. The summed E-state index contributed by atoms with van der Waals surface area (Å²) in [5.41, 5.74) is 0.650. The third-order valence-electron chi connectivity index (χ3n) is 5.60. The number of carbonyl (C=O) groups excluding carboxylic acids is 5.